The number of urea groups is 1. The molecule has 2 aromatic carbocycles. The maximum absolute atomic E-state index is 13.6. The highest BCUT2D eigenvalue weighted by Crippen LogP contribution is 2.30. The average Bonchev–Trinajstić information content (AvgIpc) is 3.06. The highest BCUT2D eigenvalue weighted by Gasteiger charge is 2.39. The Morgan fingerprint density at radius 3 is 2.60 bits per heavy atom. The first kappa shape index (κ1) is 24.2. The third-order valence-electron chi connectivity index (χ3n) is 5.64. The number of hydrogen-bond acceptors (Lipinski definition) is 5. The van der Waals surface area contributed by atoms with E-state index in [9.17, 15) is 36.7 Å². The highest BCUT2D eigenvalue weighted by molar-refractivity contribution is 6.07. The number of anilines is 1. The number of ether oxygens (including phenoxy) is 1. The number of fused-ring (bicyclic) bond motifs is 1. The van der Waals surface area contributed by atoms with Crippen molar-refractivity contribution in [3.05, 3.63) is 58.9 Å². The molecule has 1 heterocycles. The fraction of sp³-hybridized carbons (Fsp3) is 0.304. The van der Waals surface area contributed by atoms with Crippen molar-refractivity contribution in [1.82, 2.24) is 10.2 Å². The number of ketones is 2. The van der Waals surface area contributed by atoms with Crippen LogP contribution in [0.1, 0.15) is 40.7 Å². The van der Waals surface area contributed by atoms with Gasteiger partial charge in [-0.1, -0.05) is 12.1 Å². The zero-order valence-electron chi connectivity index (χ0n) is 18.1. The Kier molecular flexibility index (Phi) is 6.46. The van der Waals surface area contributed by atoms with E-state index in [1.165, 1.54) is 4.90 Å². The van der Waals surface area contributed by atoms with Crippen molar-refractivity contribution in [2.45, 2.75) is 44.8 Å². The second-order valence-corrected chi connectivity index (χ2v) is 8.19. The van der Waals surface area contributed by atoms with Crippen molar-refractivity contribution in [2.75, 3.05) is 5.32 Å². The van der Waals surface area contributed by atoms with Gasteiger partial charge in [0.2, 0.25) is 0 Å². The van der Waals surface area contributed by atoms with Gasteiger partial charge < -0.3 is 20.3 Å². The number of carbonyl (C=O) groups is 4. The van der Waals surface area contributed by atoms with E-state index in [1.807, 2.05) is 0 Å². The van der Waals surface area contributed by atoms with E-state index in [-0.39, 0.29) is 49.1 Å². The number of hydrogen-bond donors (Lipinski definition) is 2. The van der Waals surface area contributed by atoms with Crippen LogP contribution < -0.4 is 15.4 Å². The fourth-order valence-corrected chi connectivity index (χ4v) is 4.11. The molecule has 3 amide bonds. The lowest BCUT2D eigenvalue weighted by atomic mass is 9.92. The SMILES string of the molecule is O=C1CCC(N2Cc3ccc(CNC(=O)Nc4cc(F)cc(OC(F)(F)F)c4)cc3C2=O)C(=O)C1. The molecule has 0 radical (unpaired) electrons. The van der Waals surface area contributed by atoms with Crippen LogP contribution in [0.25, 0.3) is 0 Å². The van der Waals surface area contributed by atoms with Crippen LogP contribution in [0.5, 0.6) is 5.75 Å². The molecule has 1 atom stereocenters. The van der Waals surface area contributed by atoms with Crippen LogP contribution in [-0.2, 0) is 22.7 Å². The van der Waals surface area contributed by atoms with Crippen molar-refractivity contribution in [2.24, 2.45) is 0 Å². The van der Waals surface area contributed by atoms with E-state index >= 15 is 0 Å². The summed E-state index contributed by atoms with van der Waals surface area (Å²) in [6.45, 7) is 0.208. The molecule has 0 bridgehead atoms. The van der Waals surface area contributed by atoms with Crippen LogP contribution in [0, 0.1) is 5.82 Å². The van der Waals surface area contributed by atoms with Crippen LogP contribution in [0.2, 0.25) is 0 Å². The lowest BCUT2D eigenvalue weighted by Crippen LogP contribution is -2.44. The first-order valence-corrected chi connectivity index (χ1v) is 10.6. The van der Waals surface area contributed by atoms with Crippen LogP contribution >= 0.6 is 0 Å². The van der Waals surface area contributed by atoms with Crippen LogP contribution in [0.3, 0.4) is 0 Å². The van der Waals surface area contributed by atoms with E-state index in [0.717, 1.165) is 12.1 Å². The minimum absolute atomic E-state index is 0.0372. The number of halogens is 4. The number of amides is 3. The Balaban J connectivity index is 1.37. The molecule has 8 nitrogen and oxygen atoms in total. The Morgan fingerprint density at radius 1 is 1.11 bits per heavy atom. The Morgan fingerprint density at radius 2 is 1.89 bits per heavy atom. The van der Waals surface area contributed by atoms with E-state index in [1.54, 1.807) is 18.2 Å². The fourth-order valence-electron chi connectivity index (χ4n) is 4.11. The Hall–Kier alpha value is -3.96. The van der Waals surface area contributed by atoms with Gasteiger partial charge in [-0.2, -0.15) is 0 Å². The van der Waals surface area contributed by atoms with Crippen molar-refractivity contribution < 1.29 is 41.5 Å². The van der Waals surface area contributed by atoms with Gasteiger partial charge >= 0.3 is 12.4 Å². The third-order valence-corrected chi connectivity index (χ3v) is 5.64. The van der Waals surface area contributed by atoms with Crippen LogP contribution in [0.15, 0.2) is 36.4 Å². The summed E-state index contributed by atoms with van der Waals surface area (Å²) in [4.78, 5) is 50.2. The normalized spacial score (nSPS) is 17.9. The molecule has 184 valence electrons. The molecule has 0 spiro atoms. The summed E-state index contributed by atoms with van der Waals surface area (Å²) >= 11 is 0. The van der Waals surface area contributed by atoms with E-state index in [0.29, 0.717) is 29.2 Å². The van der Waals surface area contributed by atoms with Gasteiger partial charge in [0, 0.05) is 42.9 Å². The van der Waals surface area contributed by atoms with Crippen molar-refractivity contribution in [3.8, 4) is 5.75 Å². The molecule has 1 unspecified atom stereocenters. The summed E-state index contributed by atoms with van der Waals surface area (Å²) in [6.07, 6.45) is -4.66. The molecular formula is C23H19F4N3O5. The number of rotatable bonds is 5. The van der Waals surface area contributed by atoms with Gasteiger partial charge in [-0.05, 0) is 29.7 Å². The average molecular weight is 493 g/mol. The molecular weight excluding hydrogens is 474 g/mol. The first-order chi connectivity index (χ1) is 16.5. The van der Waals surface area contributed by atoms with E-state index in [2.05, 4.69) is 15.4 Å². The second-order valence-electron chi connectivity index (χ2n) is 8.19. The van der Waals surface area contributed by atoms with Gasteiger partial charge in [-0.15, -0.1) is 13.2 Å². The summed E-state index contributed by atoms with van der Waals surface area (Å²) in [6, 6.07) is 5.67. The molecule has 1 aliphatic carbocycles. The maximum atomic E-state index is 13.6. The molecule has 2 N–H and O–H groups in total. The molecule has 0 saturated heterocycles. The predicted molar refractivity (Wildman–Crippen MR) is 113 cm³/mol. The van der Waals surface area contributed by atoms with Crippen molar-refractivity contribution >= 4 is 29.2 Å². The number of nitrogens with one attached hydrogen (secondary N) is 2. The molecule has 12 heteroatoms. The Bertz CT molecular complexity index is 1210. The minimum Gasteiger partial charge on any atom is -0.406 e. The summed E-state index contributed by atoms with van der Waals surface area (Å²) in [5.74, 6) is -2.61. The number of carbonyl (C=O) groups excluding carboxylic acids is 4. The third kappa shape index (κ3) is 5.76. The van der Waals surface area contributed by atoms with Gasteiger partial charge in [-0.25, -0.2) is 9.18 Å². The lowest BCUT2D eigenvalue weighted by Gasteiger charge is -2.29. The Labute approximate surface area is 196 Å². The number of Topliss-reactive ketones (excluding diaryl/α,β-unsaturated/α-hetero) is 2. The van der Waals surface area contributed by atoms with Gasteiger partial charge in [0.1, 0.15) is 17.3 Å². The molecule has 1 fully saturated rings. The largest absolute Gasteiger partial charge is 0.573 e. The first-order valence-electron chi connectivity index (χ1n) is 10.6. The minimum atomic E-state index is -5.02. The molecule has 1 aliphatic heterocycles. The summed E-state index contributed by atoms with van der Waals surface area (Å²) < 4.78 is 54.3. The topological polar surface area (TPSA) is 105 Å². The van der Waals surface area contributed by atoms with Crippen LogP contribution in [0.4, 0.5) is 28.0 Å². The highest BCUT2D eigenvalue weighted by atomic mass is 19.4. The summed E-state index contributed by atoms with van der Waals surface area (Å²) in [5, 5.41) is 4.70. The van der Waals surface area contributed by atoms with E-state index < -0.39 is 30.0 Å². The summed E-state index contributed by atoms with van der Waals surface area (Å²) in [5.41, 5.74) is 1.40. The molecule has 35 heavy (non-hydrogen) atoms. The van der Waals surface area contributed by atoms with Gasteiger partial charge in [0.25, 0.3) is 5.91 Å². The predicted octanol–water partition coefficient (Wildman–Crippen LogP) is 3.69. The lowest BCUT2D eigenvalue weighted by molar-refractivity contribution is -0.274. The van der Waals surface area contributed by atoms with Crippen molar-refractivity contribution in [3.63, 3.8) is 0 Å². The van der Waals surface area contributed by atoms with Gasteiger partial charge in [-0.3, -0.25) is 14.4 Å². The zero-order valence-corrected chi connectivity index (χ0v) is 18.1. The van der Waals surface area contributed by atoms with Crippen molar-refractivity contribution in [1.29, 1.82) is 0 Å². The standard InChI is InChI=1S/C23H19F4N3O5/c24-14-6-15(8-17(7-14)35-23(25,26)27)29-22(34)28-10-12-1-2-13-11-30(21(33)18(13)5-12)19-4-3-16(31)9-20(19)32/h1-2,5-8,19H,3-4,9-11H2,(H2,28,29,34). The molecule has 0 aromatic heterocycles. The smallest absolute Gasteiger partial charge is 0.406 e. The number of nitrogens with zero attached hydrogens (tertiary/aromatic N) is 1. The quantitative estimate of drug-likeness (QED) is 0.488. The summed E-state index contributed by atoms with van der Waals surface area (Å²) in [7, 11) is 0. The molecule has 1 saturated carbocycles. The molecule has 2 aromatic rings. The number of alkyl halides is 3. The van der Waals surface area contributed by atoms with Gasteiger partial charge in [0.15, 0.2) is 5.78 Å². The number of benzene rings is 2. The van der Waals surface area contributed by atoms with Gasteiger partial charge in [0.05, 0.1) is 12.5 Å². The maximum Gasteiger partial charge on any atom is 0.573 e. The molecule has 2 aliphatic rings. The van der Waals surface area contributed by atoms with Crippen LogP contribution in [-0.4, -0.2) is 40.8 Å². The van der Waals surface area contributed by atoms with E-state index in [4.69, 9.17) is 0 Å². The monoisotopic (exact) mass is 493 g/mol. The molecule has 4 rings (SSSR count). The second kappa shape index (κ2) is 9.35. The zero-order chi connectivity index (χ0) is 25.3.